The first-order valence-electron chi connectivity index (χ1n) is 8.40. The van der Waals surface area contributed by atoms with Crippen molar-refractivity contribution < 1.29 is 23.8 Å². The Balaban J connectivity index is 1.96. The number of carbonyl (C=O) groups is 2. The lowest BCUT2D eigenvalue weighted by Crippen LogP contribution is -2.51. The SMILES string of the molecule is COC(=O)C1=C(OC(C)=O)C[C@H]2CCC[C@]1(CSc1ccccc1)O2. The van der Waals surface area contributed by atoms with Crippen LogP contribution in [0.25, 0.3) is 0 Å². The predicted molar refractivity (Wildman–Crippen MR) is 94.0 cm³/mol. The molecule has 1 aromatic carbocycles. The molecule has 25 heavy (non-hydrogen) atoms. The van der Waals surface area contributed by atoms with Gasteiger partial charge in [-0.25, -0.2) is 4.79 Å². The Hall–Kier alpha value is -1.79. The Kier molecular flexibility index (Phi) is 5.49. The van der Waals surface area contributed by atoms with Gasteiger partial charge >= 0.3 is 11.9 Å². The van der Waals surface area contributed by atoms with Crippen LogP contribution in [0.4, 0.5) is 0 Å². The summed E-state index contributed by atoms with van der Waals surface area (Å²) in [4.78, 5) is 25.1. The van der Waals surface area contributed by atoms with Gasteiger partial charge in [0.15, 0.2) is 0 Å². The molecule has 0 aromatic heterocycles. The standard InChI is InChI=1S/C19H22O5S/c1-13(20)23-16-11-14-7-6-10-19(24-14,17(16)18(21)22-2)12-25-15-8-4-3-5-9-15/h3-5,8-9,14H,6-7,10-12H2,1-2H3/t14-,19-/m1/s1. The van der Waals surface area contributed by atoms with Gasteiger partial charge in [-0.3, -0.25) is 4.79 Å². The number of fused-ring (bicyclic) bond motifs is 2. The van der Waals surface area contributed by atoms with Crippen molar-refractivity contribution in [3.63, 3.8) is 0 Å². The fourth-order valence-corrected chi connectivity index (χ4v) is 4.61. The molecule has 2 atom stereocenters. The van der Waals surface area contributed by atoms with Crippen LogP contribution in [-0.4, -0.2) is 36.5 Å². The Morgan fingerprint density at radius 3 is 2.76 bits per heavy atom. The van der Waals surface area contributed by atoms with Crippen LogP contribution in [0.3, 0.4) is 0 Å². The highest BCUT2D eigenvalue weighted by Gasteiger charge is 2.50. The van der Waals surface area contributed by atoms with Crippen LogP contribution >= 0.6 is 11.8 Å². The molecule has 2 aliphatic heterocycles. The van der Waals surface area contributed by atoms with Gasteiger partial charge in [-0.15, -0.1) is 11.8 Å². The van der Waals surface area contributed by atoms with E-state index in [1.165, 1.54) is 14.0 Å². The zero-order valence-corrected chi connectivity index (χ0v) is 15.3. The molecule has 1 saturated heterocycles. The molecule has 0 aliphatic carbocycles. The molecule has 2 bridgehead atoms. The monoisotopic (exact) mass is 362 g/mol. The van der Waals surface area contributed by atoms with Crippen molar-refractivity contribution in [1.82, 2.24) is 0 Å². The maximum absolute atomic E-state index is 12.5. The van der Waals surface area contributed by atoms with Crippen LogP contribution < -0.4 is 0 Å². The average molecular weight is 362 g/mol. The number of carbonyl (C=O) groups excluding carboxylic acids is 2. The van der Waals surface area contributed by atoms with Gasteiger partial charge in [-0.05, 0) is 31.4 Å². The summed E-state index contributed by atoms with van der Waals surface area (Å²) in [6.07, 6.45) is 2.97. The largest absolute Gasteiger partial charge is 0.465 e. The van der Waals surface area contributed by atoms with Gasteiger partial charge in [-0.2, -0.15) is 0 Å². The molecule has 0 spiro atoms. The van der Waals surface area contributed by atoms with Gasteiger partial charge < -0.3 is 14.2 Å². The normalized spacial score (nSPS) is 25.4. The van der Waals surface area contributed by atoms with Gasteiger partial charge in [-0.1, -0.05) is 18.2 Å². The lowest BCUT2D eigenvalue weighted by atomic mass is 9.80. The molecule has 1 aromatic rings. The van der Waals surface area contributed by atoms with Crippen molar-refractivity contribution in [3.8, 4) is 0 Å². The van der Waals surface area contributed by atoms with Gasteiger partial charge in [0.05, 0.1) is 13.2 Å². The number of methoxy groups -OCH3 is 1. The topological polar surface area (TPSA) is 61.8 Å². The summed E-state index contributed by atoms with van der Waals surface area (Å²) >= 11 is 1.63. The molecule has 1 fully saturated rings. The fraction of sp³-hybridized carbons (Fsp3) is 0.474. The average Bonchev–Trinajstić information content (AvgIpc) is 2.60. The summed E-state index contributed by atoms with van der Waals surface area (Å²) in [6.45, 7) is 1.35. The minimum absolute atomic E-state index is 0.0344. The third-order valence-corrected chi connectivity index (χ3v) is 5.73. The molecule has 2 heterocycles. The highest BCUT2D eigenvalue weighted by atomic mass is 32.2. The first kappa shape index (κ1) is 18.0. The maximum atomic E-state index is 12.5. The number of rotatable bonds is 5. The Morgan fingerprint density at radius 1 is 1.32 bits per heavy atom. The third kappa shape index (κ3) is 3.90. The van der Waals surface area contributed by atoms with Crippen LogP contribution in [0.1, 0.15) is 32.6 Å². The second-order valence-electron chi connectivity index (χ2n) is 6.32. The zero-order chi connectivity index (χ0) is 17.9. The molecule has 3 rings (SSSR count). The fourth-order valence-electron chi connectivity index (χ4n) is 3.51. The molecule has 0 radical (unpaired) electrons. The summed E-state index contributed by atoms with van der Waals surface area (Å²) < 4.78 is 16.7. The van der Waals surface area contributed by atoms with Crippen LogP contribution in [0.2, 0.25) is 0 Å². The van der Waals surface area contributed by atoms with Gasteiger partial charge in [0, 0.05) is 24.0 Å². The van der Waals surface area contributed by atoms with E-state index in [4.69, 9.17) is 14.2 Å². The van der Waals surface area contributed by atoms with Crippen molar-refractivity contribution in [2.45, 2.75) is 49.2 Å². The Morgan fingerprint density at radius 2 is 2.08 bits per heavy atom. The van der Waals surface area contributed by atoms with Crippen molar-refractivity contribution >= 4 is 23.7 Å². The van der Waals surface area contributed by atoms with Crippen LogP contribution in [0, 0.1) is 0 Å². The summed E-state index contributed by atoms with van der Waals surface area (Å²) in [5, 5.41) is 0. The summed E-state index contributed by atoms with van der Waals surface area (Å²) in [7, 11) is 1.34. The van der Waals surface area contributed by atoms with E-state index in [0.29, 0.717) is 29.9 Å². The first-order valence-corrected chi connectivity index (χ1v) is 9.38. The molecule has 5 nitrogen and oxygen atoms in total. The third-order valence-electron chi connectivity index (χ3n) is 4.52. The van der Waals surface area contributed by atoms with Crippen LogP contribution in [0.5, 0.6) is 0 Å². The molecule has 134 valence electrons. The number of hydrogen-bond donors (Lipinski definition) is 0. The smallest absolute Gasteiger partial charge is 0.340 e. The minimum Gasteiger partial charge on any atom is -0.465 e. The summed E-state index contributed by atoms with van der Waals surface area (Å²) in [6, 6.07) is 9.98. The molecule has 0 saturated carbocycles. The summed E-state index contributed by atoms with van der Waals surface area (Å²) in [5.41, 5.74) is -0.413. The molecule has 0 amide bonds. The van der Waals surface area contributed by atoms with E-state index in [-0.39, 0.29) is 6.10 Å². The van der Waals surface area contributed by atoms with Gasteiger partial charge in [0.1, 0.15) is 16.9 Å². The van der Waals surface area contributed by atoms with E-state index in [1.54, 1.807) is 11.8 Å². The van der Waals surface area contributed by atoms with E-state index < -0.39 is 17.5 Å². The number of esters is 2. The molecule has 0 N–H and O–H groups in total. The lowest BCUT2D eigenvalue weighted by molar-refractivity contribution is -0.153. The molecule has 2 aliphatic rings. The minimum atomic E-state index is -0.778. The molecule has 6 heteroatoms. The van der Waals surface area contributed by atoms with Crippen LogP contribution in [0.15, 0.2) is 46.6 Å². The number of ether oxygens (including phenoxy) is 3. The van der Waals surface area contributed by atoms with Crippen LogP contribution in [-0.2, 0) is 23.8 Å². The van der Waals surface area contributed by atoms with Crippen molar-refractivity contribution in [3.05, 3.63) is 41.7 Å². The Bertz CT molecular complexity index is 684. The lowest BCUT2D eigenvalue weighted by Gasteiger charge is -2.46. The van der Waals surface area contributed by atoms with Gasteiger partial charge in [0.25, 0.3) is 0 Å². The van der Waals surface area contributed by atoms with E-state index in [0.717, 1.165) is 17.7 Å². The molecular formula is C19H22O5S. The highest BCUT2D eigenvalue weighted by molar-refractivity contribution is 7.99. The van der Waals surface area contributed by atoms with E-state index >= 15 is 0 Å². The predicted octanol–water partition coefficient (Wildman–Crippen LogP) is 3.48. The number of thioether (sulfide) groups is 1. The highest BCUT2D eigenvalue weighted by Crippen LogP contribution is 2.46. The maximum Gasteiger partial charge on any atom is 0.340 e. The second kappa shape index (κ2) is 7.62. The second-order valence-corrected chi connectivity index (χ2v) is 7.36. The Labute approximate surface area is 151 Å². The first-order chi connectivity index (χ1) is 12.0. The quantitative estimate of drug-likeness (QED) is 0.590. The van der Waals surface area contributed by atoms with Crippen molar-refractivity contribution in [2.24, 2.45) is 0 Å². The van der Waals surface area contributed by atoms with E-state index in [9.17, 15) is 9.59 Å². The van der Waals surface area contributed by atoms with E-state index in [1.807, 2.05) is 30.3 Å². The van der Waals surface area contributed by atoms with Gasteiger partial charge in [0.2, 0.25) is 0 Å². The van der Waals surface area contributed by atoms with E-state index in [2.05, 4.69) is 0 Å². The zero-order valence-electron chi connectivity index (χ0n) is 14.4. The van der Waals surface area contributed by atoms with Crippen molar-refractivity contribution in [1.29, 1.82) is 0 Å². The molecule has 0 unspecified atom stereocenters. The summed E-state index contributed by atoms with van der Waals surface area (Å²) in [5.74, 6) is 0.0689. The molecular weight excluding hydrogens is 340 g/mol. The van der Waals surface area contributed by atoms with Crippen molar-refractivity contribution in [2.75, 3.05) is 12.9 Å². The number of benzene rings is 1. The number of hydrogen-bond acceptors (Lipinski definition) is 6.